The van der Waals surface area contributed by atoms with Crippen molar-refractivity contribution in [2.24, 2.45) is 12.5 Å². The number of para-hydroxylation sites is 1. The van der Waals surface area contributed by atoms with Crippen LogP contribution in [0.3, 0.4) is 0 Å². The minimum absolute atomic E-state index is 0.0274. The van der Waals surface area contributed by atoms with Crippen molar-refractivity contribution in [3.8, 4) is 5.69 Å². The van der Waals surface area contributed by atoms with E-state index >= 15 is 0 Å². The first-order valence-corrected chi connectivity index (χ1v) is 9.89. The first-order chi connectivity index (χ1) is 13.8. The third-order valence-corrected chi connectivity index (χ3v) is 5.98. The van der Waals surface area contributed by atoms with Crippen molar-refractivity contribution in [2.45, 2.75) is 39.5 Å². The molecule has 0 N–H and O–H groups in total. The summed E-state index contributed by atoms with van der Waals surface area (Å²) in [6, 6.07) is 7.89. The van der Waals surface area contributed by atoms with Crippen LogP contribution in [0.2, 0.25) is 0 Å². The largest absolute Gasteiger partial charge is 0.341 e. The first kappa shape index (κ1) is 19.3. The molecule has 2 aromatic heterocycles. The number of aromatic nitrogens is 6. The Bertz CT molecular complexity index is 1040. The zero-order valence-electron chi connectivity index (χ0n) is 17.6. The molecule has 1 saturated heterocycles. The van der Waals surface area contributed by atoms with Gasteiger partial charge in [-0.05, 0) is 46.9 Å². The molecular formula is C21H27N7O. The van der Waals surface area contributed by atoms with Gasteiger partial charge in [0.15, 0.2) is 5.82 Å². The third-order valence-electron chi connectivity index (χ3n) is 5.98. The SMILES string of the molecule is Cc1ccccc1-n1nnnc1C(C)C(=O)N1CC(c2cnn(C)c2)C(C)(C)C1. The maximum Gasteiger partial charge on any atom is 0.233 e. The Morgan fingerprint density at radius 2 is 2.03 bits per heavy atom. The van der Waals surface area contributed by atoms with Crippen LogP contribution >= 0.6 is 0 Å². The van der Waals surface area contributed by atoms with Crippen LogP contribution in [0.1, 0.15) is 49.6 Å². The predicted molar refractivity (Wildman–Crippen MR) is 109 cm³/mol. The molecule has 1 aromatic carbocycles. The number of nitrogens with zero attached hydrogens (tertiary/aromatic N) is 7. The summed E-state index contributed by atoms with van der Waals surface area (Å²) in [6.07, 6.45) is 3.95. The molecule has 1 amide bonds. The molecule has 2 unspecified atom stereocenters. The molecule has 152 valence electrons. The highest BCUT2D eigenvalue weighted by Crippen LogP contribution is 2.43. The smallest absolute Gasteiger partial charge is 0.233 e. The fraction of sp³-hybridized carbons (Fsp3) is 0.476. The fourth-order valence-electron chi connectivity index (χ4n) is 4.30. The van der Waals surface area contributed by atoms with Crippen LogP contribution in [0.4, 0.5) is 0 Å². The summed E-state index contributed by atoms with van der Waals surface area (Å²) in [5, 5.41) is 16.5. The van der Waals surface area contributed by atoms with Crippen molar-refractivity contribution in [3.63, 3.8) is 0 Å². The monoisotopic (exact) mass is 393 g/mol. The summed E-state index contributed by atoms with van der Waals surface area (Å²) in [5.41, 5.74) is 3.09. The van der Waals surface area contributed by atoms with Crippen molar-refractivity contribution in [1.29, 1.82) is 0 Å². The van der Waals surface area contributed by atoms with E-state index in [4.69, 9.17) is 0 Å². The van der Waals surface area contributed by atoms with Gasteiger partial charge in [-0.25, -0.2) is 0 Å². The van der Waals surface area contributed by atoms with E-state index in [-0.39, 0.29) is 17.2 Å². The standard InChI is InChI=1S/C21H27N7O/c1-14-8-6-7-9-18(14)28-19(23-24-25-28)15(2)20(29)27-12-17(21(3,4)13-27)16-10-22-26(5)11-16/h6-11,15,17H,12-13H2,1-5H3. The highest BCUT2D eigenvalue weighted by atomic mass is 16.2. The Balaban J connectivity index is 1.58. The maximum absolute atomic E-state index is 13.4. The van der Waals surface area contributed by atoms with E-state index in [0.717, 1.165) is 11.3 Å². The number of rotatable bonds is 4. The van der Waals surface area contributed by atoms with E-state index in [2.05, 4.69) is 34.5 Å². The summed E-state index contributed by atoms with van der Waals surface area (Å²) >= 11 is 0. The Hall–Kier alpha value is -3.03. The molecule has 0 bridgehead atoms. The fourth-order valence-corrected chi connectivity index (χ4v) is 4.30. The number of carbonyl (C=O) groups excluding carboxylic acids is 1. The normalized spacial score (nSPS) is 19.5. The van der Waals surface area contributed by atoms with Crippen LogP contribution in [-0.2, 0) is 11.8 Å². The van der Waals surface area contributed by atoms with E-state index in [1.165, 1.54) is 5.56 Å². The number of likely N-dealkylation sites (tertiary alicyclic amines) is 1. The van der Waals surface area contributed by atoms with Crippen molar-refractivity contribution in [2.75, 3.05) is 13.1 Å². The second-order valence-electron chi connectivity index (χ2n) is 8.66. The van der Waals surface area contributed by atoms with Crippen LogP contribution in [0, 0.1) is 12.3 Å². The van der Waals surface area contributed by atoms with E-state index in [1.54, 1.807) is 4.68 Å². The van der Waals surface area contributed by atoms with Gasteiger partial charge in [-0.2, -0.15) is 9.78 Å². The zero-order chi connectivity index (χ0) is 20.8. The predicted octanol–water partition coefficient (Wildman–Crippen LogP) is 2.46. The lowest BCUT2D eigenvalue weighted by Gasteiger charge is -2.24. The topological polar surface area (TPSA) is 81.7 Å². The number of hydrogen-bond acceptors (Lipinski definition) is 5. The summed E-state index contributed by atoms with van der Waals surface area (Å²) < 4.78 is 3.49. The van der Waals surface area contributed by atoms with Crippen LogP contribution in [0.5, 0.6) is 0 Å². The second-order valence-corrected chi connectivity index (χ2v) is 8.66. The third kappa shape index (κ3) is 3.43. The van der Waals surface area contributed by atoms with Gasteiger partial charge in [0.25, 0.3) is 0 Å². The molecule has 8 nitrogen and oxygen atoms in total. The van der Waals surface area contributed by atoms with Crippen molar-refractivity contribution in [3.05, 3.63) is 53.6 Å². The maximum atomic E-state index is 13.4. The zero-order valence-corrected chi connectivity index (χ0v) is 17.6. The van der Waals surface area contributed by atoms with Gasteiger partial charge in [0.05, 0.1) is 17.8 Å². The molecule has 4 rings (SSSR count). The summed E-state index contributed by atoms with van der Waals surface area (Å²) in [4.78, 5) is 15.3. The van der Waals surface area contributed by atoms with Gasteiger partial charge < -0.3 is 4.90 Å². The van der Waals surface area contributed by atoms with E-state index in [9.17, 15) is 4.79 Å². The van der Waals surface area contributed by atoms with Crippen LogP contribution < -0.4 is 0 Å². The second kappa shape index (κ2) is 7.09. The van der Waals surface area contributed by atoms with Gasteiger partial charge in [-0.15, -0.1) is 5.10 Å². The molecule has 1 aliphatic heterocycles. The van der Waals surface area contributed by atoms with E-state index in [0.29, 0.717) is 18.9 Å². The van der Waals surface area contributed by atoms with E-state index in [1.807, 2.05) is 67.1 Å². The number of aryl methyl sites for hydroxylation is 2. The van der Waals surface area contributed by atoms with Crippen molar-refractivity contribution in [1.82, 2.24) is 34.9 Å². The Morgan fingerprint density at radius 1 is 1.28 bits per heavy atom. The number of benzene rings is 1. The summed E-state index contributed by atoms with van der Waals surface area (Å²) in [7, 11) is 1.92. The molecule has 1 fully saturated rings. The highest BCUT2D eigenvalue weighted by Gasteiger charge is 2.44. The average Bonchev–Trinajstić information content (AvgIpc) is 3.39. The molecule has 29 heavy (non-hydrogen) atoms. The molecule has 2 atom stereocenters. The van der Waals surface area contributed by atoms with Gasteiger partial charge >= 0.3 is 0 Å². The molecule has 0 radical (unpaired) electrons. The van der Waals surface area contributed by atoms with E-state index < -0.39 is 5.92 Å². The van der Waals surface area contributed by atoms with Gasteiger partial charge in [-0.3, -0.25) is 9.48 Å². The number of carbonyl (C=O) groups is 1. The van der Waals surface area contributed by atoms with Crippen molar-refractivity contribution >= 4 is 5.91 Å². The molecule has 0 saturated carbocycles. The van der Waals surface area contributed by atoms with Crippen LogP contribution in [0.15, 0.2) is 36.7 Å². The molecule has 1 aliphatic rings. The molecule has 3 aromatic rings. The van der Waals surface area contributed by atoms with Gasteiger partial charge in [0.1, 0.15) is 0 Å². The number of hydrogen-bond donors (Lipinski definition) is 0. The van der Waals surface area contributed by atoms with Crippen molar-refractivity contribution < 1.29 is 4.79 Å². The lowest BCUT2D eigenvalue weighted by Crippen LogP contribution is -2.34. The van der Waals surface area contributed by atoms with Gasteiger partial charge in [-0.1, -0.05) is 32.0 Å². The number of amides is 1. The first-order valence-electron chi connectivity index (χ1n) is 9.89. The van der Waals surface area contributed by atoms with Crippen LogP contribution in [0.25, 0.3) is 5.69 Å². The average molecular weight is 393 g/mol. The summed E-state index contributed by atoms with van der Waals surface area (Å²) in [5.74, 6) is 0.425. The molecule has 0 aliphatic carbocycles. The Morgan fingerprint density at radius 3 is 2.72 bits per heavy atom. The lowest BCUT2D eigenvalue weighted by atomic mass is 9.79. The lowest BCUT2D eigenvalue weighted by molar-refractivity contribution is -0.132. The minimum Gasteiger partial charge on any atom is -0.341 e. The molecule has 3 heterocycles. The molecule has 0 spiro atoms. The molecular weight excluding hydrogens is 366 g/mol. The van der Waals surface area contributed by atoms with Gasteiger partial charge in [0, 0.05) is 32.3 Å². The Kier molecular flexibility index (Phi) is 4.72. The van der Waals surface area contributed by atoms with Crippen LogP contribution in [-0.4, -0.2) is 53.9 Å². The number of tetrazole rings is 1. The summed E-state index contributed by atoms with van der Waals surface area (Å²) in [6.45, 7) is 9.68. The molecule has 8 heteroatoms. The quantitative estimate of drug-likeness (QED) is 0.680. The van der Waals surface area contributed by atoms with Gasteiger partial charge in [0.2, 0.25) is 5.91 Å². The minimum atomic E-state index is -0.437. The highest BCUT2D eigenvalue weighted by molar-refractivity contribution is 5.83. The Labute approximate surface area is 170 Å².